The molecule has 0 unspecified atom stereocenters. The molecule has 0 spiro atoms. The Morgan fingerprint density at radius 2 is 0.906 bits per heavy atom. The lowest BCUT2D eigenvalue weighted by molar-refractivity contribution is 0.911. The fourth-order valence-corrected chi connectivity index (χ4v) is 7.82. The molecule has 0 amide bonds. The van der Waals surface area contributed by atoms with Gasteiger partial charge in [0.2, 0.25) is 5.95 Å². The fourth-order valence-electron chi connectivity index (χ4n) is 7.82. The summed E-state index contributed by atoms with van der Waals surface area (Å²) in [6, 6.07) is 58.8. The predicted molar refractivity (Wildman–Crippen MR) is 214 cm³/mol. The second kappa shape index (κ2) is 11.6. The van der Waals surface area contributed by atoms with Gasteiger partial charge in [-0.15, -0.1) is 0 Å². The summed E-state index contributed by atoms with van der Waals surface area (Å²) in [5, 5.41) is 10.6. The lowest BCUT2D eigenvalue weighted by Gasteiger charge is -2.12. The molecule has 0 bridgehead atoms. The second-order valence-electron chi connectivity index (χ2n) is 13.2. The Bertz CT molecular complexity index is 3100. The van der Waals surface area contributed by atoms with E-state index in [2.05, 4.69) is 100 Å². The minimum Gasteiger partial charge on any atom is -0.308 e. The van der Waals surface area contributed by atoms with Crippen molar-refractivity contribution in [3.63, 3.8) is 0 Å². The summed E-state index contributed by atoms with van der Waals surface area (Å²) in [4.78, 5) is 15.2. The van der Waals surface area contributed by atoms with E-state index in [0.29, 0.717) is 17.6 Å². The highest BCUT2D eigenvalue weighted by atomic mass is 15.3. The smallest absolute Gasteiger partial charge is 0.238 e. The molecule has 0 radical (unpaired) electrons. The minimum absolute atomic E-state index is 0.573. The number of hydrogen-bond donors (Lipinski definition) is 0. The summed E-state index contributed by atoms with van der Waals surface area (Å²) in [5.74, 6) is 1.83. The first kappa shape index (κ1) is 29.4. The molecule has 7 nitrogen and oxygen atoms in total. The maximum atomic E-state index is 5.11. The van der Waals surface area contributed by atoms with E-state index in [0.717, 1.165) is 66.2 Å². The van der Waals surface area contributed by atoms with Gasteiger partial charge in [-0.2, -0.15) is 15.1 Å². The topological polar surface area (TPSA) is 66.3 Å². The van der Waals surface area contributed by atoms with Crippen LogP contribution in [0.2, 0.25) is 0 Å². The van der Waals surface area contributed by atoms with Crippen LogP contribution in [0.25, 0.3) is 94.6 Å². The molecular weight excluding hydrogens is 651 g/mol. The molecule has 7 heteroatoms. The summed E-state index contributed by atoms with van der Waals surface area (Å²) >= 11 is 0. The van der Waals surface area contributed by atoms with Gasteiger partial charge < -0.3 is 4.57 Å². The normalized spacial score (nSPS) is 11.8. The molecule has 0 aliphatic carbocycles. The van der Waals surface area contributed by atoms with Crippen LogP contribution in [0.5, 0.6) is 0 Å². The first-order chi connectivity index (χ1) is 26.3. The maximum absolute atomic E-state index is 5.11. The molecule has 0 atom stereocenters. The van der Waals surface area contributed by atoms with Gasteiger partial charge in [0.25, 0.3) is 0 Å². The van der Waals surface area contributed by atoms with Crippen LogP contribution in [-0.2, 0) is 0 Å². The number of hydrogen-bond acceptors (Lipinski definition) is 4. The molecule has 11 rings (SSSR count). The monoisotopic (exact) mass is 679 g/mol. The van der Waals surface area contributed by atoms with Crippen LogP contribution >= 0.6 is 0 Å². The van der Waals surface area contributed by atoms with Crippen LogP contribution in [0.3, 0.4) is 0 Å². The first-order valence-electron chi connectivity index (χ1n) is 17.7. The highest BCUT2D eigenvalue weighted by molar-refractivity contribution is 6.18. The number of nitrogens with zero attached hydrogens (tertiary/aromatic N) is 7. The number of rotatable bonds is 5. The average molecular weight is 680 g/mol. The molecule has 53 heavy (non-hydrogen) atoms. The summed E-state index contributed by atoms with van der Waals surface area (Å²) in [6.45, 7) is 0. The van der Waals surface area contributed by atoms with Crippen LogP contribution in [-0.4, -0.2) is 33.9 Å². The van der Waals surface area contributed by atoms with E-state index in [1.54, 1.807) is 0 Å². The Morgan fingerprint density at radius 1 is 0.358 bits per heavy atom. The van der Waals surface area contributed by atoms with Crippen molar-refractivity contribution >= 4 is 54.5 Å². The van der Waals surface area contributed by atoms with Crippen molar-refractivity contribution in [3.05, 3.63) is 176 Å². The van der Waals surface area contributed by atoms with Gasteiger partial charge in [0.05, 0.1) is 39.5 Å². The number of aromatic nitrogens is 7. The van der Waals surface area contributed by atoms with Crippen molar-refractivity contribution in [2.75, 3.05) is 0 Å². The van der Waals surface area contributed by atoms with E-state index < -0.39 is 0 Å². The molecular formula is C46H29N7. The molecule has 4 heterocycles. The van der Waals surface area contributed by atoms with Crippen LogP contribution in [0.1, 0.15) is 0 Å². The van der Waals surface area contributed by atoms with Gasteiger partial charge in [-0.25, -0.2) is 9.67 Å². The Balaban J connectivity index is 1.17. The fraction of sp³-hybridized carbons (Fsp3) is 0. The van der Waals surface area contributed by atoms with E-state index in [9.17, 15) is 0 Å². The summed E-state index contributed by atoms with van der Waals surface area (Å²) in [5.41, 5.74) is 9.34. The standard InChI is InChI=1S/C46H29N7/c1-4-14-30(15-5-1)44-48-45(31-16-6-2-7-17-31)50-46(49-44)52-40-23-13-11-21-35(40)37-28-33(24-26-41(37)52)51-39-22-12-10-20-34(39)36-25-27-42-38(43(36)51)29-47-53(42)32-18-8-3-9-19-32/h1-29H. The van der Waals surface area contributed by atoms with Crippen LogP contribution in [0.4, 0.5) is 0 Å². The minimum atomic E-state index is 0.573. The molecule has 7 aromatic carbocycles. The molecule has 0 aliphatic rings. The predicted octanol–water partition coefficient (Wildman–Crippen LogP) is 10.7. The third kappa shape index (κ3) is 4.54. The Morgan fingerprint density at radius 3 is 1.58 bits per heavy atom. The van der Waals surface area contributed by atoms with Crippen LogP contribution < -0.4 is 0 Å². The second-order valence-corrected chi connectivity index (χ2v) is 13.2. The van der Waals surface area contributed by atoms with E-state index in [-0.39, 0.29) is 0 Å². The van der Waals surface area contributed by atoms with Crippen molar-refractivity contribution in [3.8, 4) is 40.1 Å². The first-order valence-corrected chi connectivity index (χ1v) is 17.7. The van der Waals surface area contributed by atoms with Crippen molar-refractivity contribution < 1.29 is 0 Å². The third-order valence-corrected chi connectivity index (χ3v) is 10.2. The Labute approximate surface area is 303 Å². The van der Waals surface area contributed by atoms with E-state index in [1.165, 1.54) is 10.8 Å². The van der Waals surface area contributed by atoms with Crippen molar-refractivity contribution in [2.24, 2.45) is 0 Å². The molecule has 0 fully saturated rings. The zero-order valence-electron chi connectivity index (χ0n) is 28.4. The highest BCUT2D eigenvalue weighted by Crippen LogP contribution is 2.39. The molecule has 4 aromatic heterocycles. The van der Waals surface area contributed by atoms with Gasteiger partial charge in [-0.1, -0.05) is 115 Å². The quantitative estimate of drug-likeness (QED) is 0.182. The van der Waals surface area contributed by atoms with E-state index in [4.69, 9.17) is 20.1 Å². The van der Waals surface area contributed by atoms with Gasteiger partial charge in [0.1, 0.15) is 0 Å². The summed E-state index contributed by atoms with van der Waals surface area (Å²) in [7, 11) is 0. The van der Waals surface area contributed by atoms with Crippen LogP contribution in [0.15, 0.2) is 176 Å². The number of benzene rings is 7. The van der Waals surface area contributed by atoms with E-state index >= 15 is 0 Å². The highest BCUT2D eigenvalue weighted by Gasteiger charge is 2.21. The van der Waals surface area contributed by atoms with Crippen molar-refractivity contribution in [1.82, 2.24) is 33.9 Å². The van der Waals surface area contributed by atoms with Gasteiger partial charge in [0.15, 0.2) is 11.6 Å². The van der Waals surface area contributed by atoms with Crippen LogP contribution in [0, 0.1) is 0 Å². The third-order valence-electron chi connectivity index (χ3n) is 10.2. The van der Waals surface area contributed by atoms with Gasteiger partial charge in [-0.05, 0) is 54.6 Å². The molecule has 0 aliphatic heterocycles. The lowest BCUT2D eigenvalue weighted by atomic mass is 10.1. The van der Waals surface area contributed by atoms with Gasteiger partial charge in [-0.3, -0.25) is 4.57 Å². The summed E-state index contributed by atoms with van der Waals surface area (Å²) < 4.78 is 6.58. The maximum Gasteiger partial charge on any atom is 0.238 e. The SMILES string of the molecule is c1ccc(-c2nc(-c3ccccc3)nc(-n3c4ccccc4c4cc(-n5c6ccccc6c6ccc7c(cnn7-c7ccccc7)c65)ccc43)n2)cc1. The number of para-hydroxylation sites is 3. The Hall–Kier alpha value is -7.38. The van der Waals surface area contributed by atoms with Gasteiger partial charge in [0, 0.05) is 43.7 Å². The van der Waals surface area contributed by atoms with Crippen molar-refractivity contribution in [1.29, 1.82) is 0 Å². The zero-order valence-corrected chi connectivity index (χ0v) is 28.4. The molecule has 11 aromatic rings. The zero-order chi connectivity index (χ0) is 34.9. The van der Waals surface area contributed by atoms with Crippen molar-refractivity contribution in [2.45, 2.75) is 0 Å². The largest absolute Gasteiger partial charge is 0.308 e. The number of fused-ring (bicyclic) bond motifs is 8. The van der Waals surface area contributed by atoms with E-state index in [1.807, 2.05) is 89.7 Å². The molecule has 0 saturated heterocycles. The molecule has 0 saturated carbocycles. The van der Waals surface area contributed by atoms with Gasteiger partial charge >= 0.3 is 0 Å². The average Bonchev–Trinajstić information content (AvgIpc) is 3.92. The Kier molecular flexibility index (Phi) is 6.42. The molecule has 0 N–H and O–H groups in total. The molecule has 248 valence electrons. The summed E-state index contributed by atoms with van der Waals surface area (Å²) in [6.07, 6.45) is 2.00. The lowest BCUT2D eigenvalue weighted by Crippen LogP contribution is -2.06.